The van der Waals surface area contributed by atoms with Crippen molar-refractivity contribution in [3.05, 3.63) is 0 Å². The van der Waals surface area contributed by atoms with Gasteiger partial charge in [-0.15, -0.1) is 0 Å². The van der Waals surface area contributed by atoms with Gasteiger partial charge in [-0.3, -0.25) is 0 Å². The summed E-state index contributed by atoms with van der Waals surface area (Å²) in [6.07, 6.45) is 5.73. The molecule has 0 aromatic carbocycles. The Morgan fingerprint density at radius 2 is 1.73 bits per heavy atom. The van der Waals surface area contributed by atoms with Crippen LogP contribution in [0.3, 0.4) is 0 Å². The van der Waals surface area contributed by atoms with Gasteiger partial charge in [0, 0.05) is 19.3 Å². The van der Waals surface area contributed by atoms with E-state index in [1.165, 1.54) is 30.2 Å². The van der Waals surface area contributed by atoms with Crippen molar-refractivity contribution in [3.8, 4) is 0 Å². The lowest BCUT2D eigenvalue weighted by Crippen LogP contribution is -2.56. The Bertz CT molecular complexity index is 167. The third kappa shape index (κ3) is 1.06. The van der Waals surface area contributed by atoms with Crippen molar-refractivity contribution in [1.29, 1.82) is 0 Å². The molecule has 2 heteroatoms. The Balaban J connectivity index is 2.24. The Kier molecular flexibility index (Phi) is 1.80. The number of alkyl halides is 1. The van der Waals surface area contributed by atoms with Crippen molar-refractivity contribution in [1.82, 2.24) is 0 Å². The summed E-state index contributed by atoms with van der Waals surface area (Å²) in [6.45, 7) is 0. The van der Waals surface area contributed by atoms with E-state index in [1.54, 1.807) is 0 Å². The van der Waals surface area contributed by atoms with Crippen LogP contribution in [0.2, 0.25) is 0 Å². The van der Waals surface area contributed by atoms with E-state index in [9.17, 15) is 0 Å². The van der Waals surface area contributed by atoms with Gasteiger partial charge in [0.05, 0.1) is 25.0 Å². The molecule has 1 nitrogen and oxygen atoms in total. The molecule has 2 saturated heterocycles. The molecule has 0 aliphatic carbocycles. The van der Waals surface area contributed by atoms with Gasteiger partial charge in [-0.1, -0.05) is 15.9 Å². The second kappa shape index (κ2) is 2.46. The highest BCUT2D eigenvalue weighted by molar-refractivity contribution is 9.09. The lowest BCUT2D eigenvalue weighted by Gasteiger charge is -2.43. The zero-order chi connectivity index (χ0) is 8.06. The number of hydrogen-bond donors (Lipinski definition) is 0. The van der Waals surface area contributed by atoms with E-state index < -0.39 is 0 Å². The maximum absolute atomic E-state index is 3.80. The van der Waals surface area contributed by atoms with Crippen LogP contribution in [0.1, 0.15) is 25.7 Å². The first-order valence-corrected chi connectivity index (χ1v) is 5.51. The highest BCUT2D eigenvalue weighted by Gasteiger charge is 2.49. The molecule has 2 heterocycles. The molecule has 2 bridgehead atoms. The molecule has 0 radical (unpaired) electrons. The van der Waals surface area contributed by atoms with Crippen LogP contribution < -0.4 is 0 Å². The predicted octanol–water partition coefficient (Wildman–Crippen LogP) is 2.15. The maximum Gasteiger partial charge on any atom is 0.102 e. The largest absolute Gasteiger partial charge is 0.323 e. The van der Waals surface area contributed by atoms with E-state index in [0.717, 1.165) is 16.9 Å². The molecule has 0 aromatic rings. The zero-order valence-electron chi connectivity index (χ0n) is 7.39. The van der Waals surface area contributed by atoms with Crippen molar-refractivity contribution >= 4 is 15.9 Å². The molecule has 3 unspecified atom stereocenters. The van der Waals surface area contributed by atoms with Gasteiger partial charge in [-0.05, 0) is 6.42 Å². The van der Waals surface area contributed by atoms with E-state index >= 15 is 0 Å². The molecule has 2 rings (SSSR count). The highest BCUT2D eigenvalue weighted by atomic mass is 79.9. The van der Waals surface area contributed by atoms with Crippen molar-refractivity contribution < 1.29 is 4.48 Å². The van der Waals surface area contributed by atoms with Crippen LogP contribution in [-0.4, -0.2) is 35.5 Å². The minimum absolute atomic E-state index is 0.788. The van der Waals surface area contributed by atoms with Crippen LogP contribution >= 0.6 is 15.9 Å². The normalized spacial score (nSPS) is 47.7. The first kappa shape index (κ1) is 8.06. The van der Waals surface area contributed by atoms with Crippen molar-refractivity contribution in [2.45, 2.75) is 42.6 Å². The van der Waals surface area contributed by atoms with E-state index in [1.807, 2.05) is 0 Å². The molecule has 0 spiro atoms. The first-order chi connectivity index (χ1) is 5.12. The zero-order valence-corrected chi connectivity index (χ0v) is 8.97. The fourth-order valence-corrected chi connectivity index (χ4v) is 4.06. The molecule has 0 aromatic heterocycles. The standard InChI is InChI=1S/C9H17BrN/c1-11(2)7-3-5-8(10)9(11)6-4-7/h7-9H,3-6H2,1-2H3/q+1. The third-order valence-corrected chi connectivity index (χ3v) is 4.85. The monoisotopic (exact) mass is 218 g/mol. The van der Waals surface area contributed by atoms with Crippen molar-refractivity contribution in [2.24, 2.45) is 0 Å². The Morgan fingerprint density at radius 3 is 2.36 bits per heavy atom. The summed E-state index contributed by atoms with van der Waals surface area (Å²) in [5, 5.41) is 0. The Hall–Kier alpha value is 0.440. The van der Waals surface area contributed by atoms with Crippen LogP contribution in [0.25, 0.3) is 0 Å². The Morgan fingerprint density at radius 1 is 1.09 bits per heavy atom. The van der Waals surface area contributed by atoms with Gasteiger partial charge >= 0.3 is 0 Å². The van der Waals surface area contributed by atoms with Crippen molar-refractivity contribution in [3.63, 3.8) is 0 Å². The molecule has 0 N–H and O–H groups in total. The van der Waals surface area contributed by atoms with Crippen LogP contribution in [0.15, 0.2) is 0 Å². The SMILES string of the molecule is C[N+]1(C)C2CCC(Br)C1CC2. The summed E-state index contributed by atoms with van der Waals surface area (Å²) in [5.41, 5.74) is 0. The summed E-state index contributed by atoms with van der Waals surface area (Å²) < 4.78 is 1.27. The lowest BCUT2D eigenvalue weighted by molar-refractivity contribution is -0.929. The second-order valence-corrected chi connectivity index (χ2v) is 5.70. The minimum atomic E-state index is 0.788. The first-order valence-electron chi connectivity index (χ1n) is 4.60. The average molecular weight is 219 g/mol. The summed E-state index contributed by atoms with van der Waals surface area (Å²) >= 11 is 3.80. The summed E-state index contributed by atoms with van der Waals surface area (Å²) in [5.74, 6) is 0. The summed E-state index contributed by atoms with van der Waals surface area (Å²) in [6, 6.07) is 1.86. The molecule has 0 saturated carbocycles. The predicted molar refractivity (Wildman–Crippen MR) is 50.9 cm³/mol. The number of hydrogen-bond acceptors (Lipinski definition) is 0. The van der Waals surface area contributed by atoms with Gasteiger partial charge in [0.25, 0.3) is 0 Å². The van der Waals surface area contributed by atoms with E-state index in [-0.39, 0.29) is 0 Å². The lowest BCUT2D eigenvalue weighted by atomic mass is 10.0. The van der Waals surface area contributed by atoms with Crippen LogP contribution in [0.4, 0.5) is 0 Å². The smallest absolute Gasteiger partial charge is 0.102 e. The number of quaternary nitrogens is 1. The van der Waals surface area contributed by atoms with Gasteiger partial charge in [-0.25, -0.2) is 0 Å². The van der Waals surface area contributed by atoms with Crippen LogP contribution in [-0.2, 0) is 0 Å². The second-order valence-electron chi connectivity index (χ2n) is 4.52. The van der Waals surface area contributed by atoms with Gasteiger partial charge in [-0.2, -0.15) is 0 Å². The number of nitrogens with zero attached hydrogens (tertiary/aromatic N) is 1. The van der Waals surface area contributed by atoms with Gasteiger partial charge < -0.3 is 4.48 Å². The topological polar surface area (TPSA) is 0 Å². The molecular weight excluding hydrogens is 202 g/mol. The van der Waals surface area contributed by atoms with Crippen LogP contribution in [0.5, 0.6) is 0 Å². The quantitative estimate of drug-likeness (QED) is 0.432. The van der Waals surface area contributed by atoms with E-state index in [0.29, 0.717) is 0 Å². The molecule has 3 atom stereocenters. The van der Waals surface area contributed by atoms with Gasteiger partial charge in [0.15, 0.2) is 0 Å². The molecule has 64 valence electrons. The van der Waals surface area contributed by atoms with E-state index in [4.69, 9.17) is 0 Å². The number of piperidine rings is 1. The maximum atomic E-state index is 3.80. The molecular formula is C9H17BrN+. The number of halogens is 1. The molecule has 2 aliphatic heterocycles. The number of rotatable bonds is 0. The highest BCUT2D eigenvalue weighted by Crippen LogP contribution is 2.42. The minimum Gasteiger partial charge on any atom is -0.323 e. The molecule has 11 heavy (non-hydrogen) atoms. The molecule has 0 amide bonds. The Labute approximate surface area is 77.5 Å². The van der Waals surface area contributed by atoms with Gasteiger partial charge in [0.1, 0.15) is 6.04 Å². The summed E-state index contributed by atoms with van der Waals surface area (Å²) in [4.78, 5) is 0.788. The number of fused-ring (bicyclic) bond motifs is 2. The van der Waals surface area contributed by atoms with Gasteiger partial charge in [0.2, 0.25) is 0 Å². The fourth-order valence-electron chi connectivity index (χ4n) is 2.92. The van der Waals surface area contributed by atoms with E-state index in [2.05, 4.69) is 30.0 Å². The summed E-state index contributed by atoms with van der Waals surface area (Å²) in [7, 11) is 4.80. The van der Waals surface area contributed by atoms with Crippen molar-refractivity contribution in [2.75, 3.05) is 14.1 Å². The molecule has 2 fully saturated rings. The van der Waals surface area contributed by atoms with Crippen LogP contribution in [0, 0.1) is 0 Å². The fraction of sp³-hybridized carbons (Fsp3) is 1.00. The average Bonchev–Trinajstić information content (AvgIpc) is 2.15. The third-order valence-electron chi connectivity index (χ3n) is 3.78. The molecule has 2 aliphatic rings.